The summed E-state index contributed by atoms with van der Waals surface area (Å²) in [5.74, 6) is -0.112. The number of rotatable bonds is 5. The number of nitrogens with one attached hydrogen (secondary N) is 2. The van der Waals surface area contributed by atoms with Crippen LogP contribution in [0.4, 0.5) is 5.69 Å². The van der Waals surface area contributed by atoms with Crippen LogP contribution in [0.2, 0.25) is 5.02 Å². The number of carbonyl (C=O) groups excluding carboxylic acids is 1. The van der Waals surface area contributed by atoms with Gasteiger partial charge in [0, 0.05) is 17.3 Å². The fourth-order valence-electron chi connectivity index (χ4n) is 2.20. The van der Waals surface area contributed by atoms with Crippen LogP contribution in [0.25, 0.3) is 0 Å². The molecule has 0 aliphatic carbocycles. The normalized spacial score (nSPS) is 11.8. The smallest absolute Gasteiger partial charge is 0.253 e. The van der Waals surface area contributed by atoms with E-state index in [1.165, 1.54) is 0 Å². The zero-order valence-electron chi connectivity index (χ0n) is 12.2. The van der Waals surface area contributed by atoms with Gasteiger partial charge in [-0.15, -0.1) is 0 Å². The van der Waals surface area contributed by atoms with Gasteiger partial charge in [-0.3, -0.25) is 4.79 Å². The van der Waals surface area contributed by atoms with Gasteiger partial charge >= 0.3 is 0 Å². The first kappa shape index (κ1) is 15.4. The molecule has 0 aromatic heterocycles. The first-order chi connectivity index (χ1) is 10.1. The molecular weight excluding hydrogens is 284 g/mol. The monoisotopic (exact) mass is 302 g/mol. The maximum absolute atomic E-state index is 12.4. The zero-order valence-corrected chi connectivity index (χ0v) is 12.9. The molecule has 0 spiro atoms. The minimum absolute atomic E-state index is 0.112. The van der Waals surface area contributed by atoms with E-state index in [4.69, 9.17) is 11.6 Å². The maximum atomic E-state index is 12.4. The van der Waals surface area contributed by atoms with Gasteiger partial charge in [0.1, 0.15) is 0 Å². The van der Waals surface area contributed by atoms with Crippen LogP contribution in [-0.2, 0) is 0 Å². The fraction of sp³-hybridized carbons (Fsp3) is 0.235. The van der Waals surface area contributed by atoms with Crippen molar-refractivity contribution in [2.75, 3.05) is 11.9 Å². The van der Waals surface area contributed by atoms with Gasteiger partial charge in [0.25, 0.3) is 5.91 Å². The highest BCUT2D eigenvalue weighted by molar-refractivity contribution is 6.31. The molecule has 0 fully saturated rings. The van der Waals surface area contributed by atoms with Crippen molar-refractivity contribution < 1.29 is 4.79 Å². The van der Waals surface area contributed by atoms with E-state index in [-0.39, 0.29) is 11.9 Å². The standard InChI is InChI=1S/C17H19ClN2O/c1-3-19-16-11-7-5-9-14(16)17(21)20-12(2)13-8-4-6-10-15(13)18/h4-12,19H,3H2,1-2H3,(H,20,21)/t12-/m1/s1. The number of halogens is 1. The van der Waals surface area contributed by atoms with E-state index in [0.717, 1.165) is 17.8 Å². The Morgan fingerprint density at radius 3 is 2.52 bits per heavy atom. The largest absolute Gasteiger partial charge is 0.385 e. The molecule has 0 bridgehead atoms. The van der Waals surface area contributed by atoms with E-state index in [1.807, 2.05) is 62.4 Å². The summed E-state index contributed by atoms with van der Waals surface area (Å²) < 4.78 is 0. The molecule has 0 radical (unpaired) electrons. The number of anilines is 1. The lowest BCUT2D eigenvalue weighted by molar-refractivity contribution is 0.0940. The molecule has 0 unspecified atom stereocenters. The van der Waals surface area contributed by atoms with Crippen molar-refractivity contribution in [2.45, 2.75) is 19.9 Å². The second kappa shape index (κ2) is 7.14. The van der Waals surface area contributed by atoms with E-state index >= 15 is 0 Å². The van der Waals surface area contributed by atoms with Crippen LogP contribution in [0.5, 0.6) is 0 Å². The highest BCUT2D eigenvalue weighted by atomic mass is 35.5. The first-order valence-corrected chi connectivity index (χ1v) is 7.39. The SMILES string of the molecule is CCNc1ccccc1C(=O)N[C@H](C)c1ccccc1Cl. The molecule has 4 heteroatoms. The van der Waals surface area contributed by atoms with Crippen LogP contribution < -0.4 is 10.6 Å². The Labute approximate surface area is 130 Å². The molecule has 0 saturated heterocycles. The molecule has 2 rings (SSSR count). The highest BCUT2D eigenvalue weighted by Gasteiger charge is 2.15. The van der Waals surface area contributed by atoms with Gasteiger partial charge in [0.15, 0.2) is 0 Å². The number of hydrogen-bond donors (Lipinski definition) is 2. The maximum Gasteiger partial charge on any atom is 0.253 e. The predicted molar refractivity (Wildman–Crippen MR) is 87.9 cm³/mol. The van der Waals surface area contributed by atoms with Crippen LogP contribution in [0.3, 0.4) is 0 Å². The van der Waals surface area contributed by atoms with Crippen LogP contribution in [0, 0.1) is 0 Å². The molecule has 0 aliphatic heterocycles. The summed E-state index contributed by atoms with van der Waals surface area (Å²) in [5, 5.41) is 6.84. The number of para-hydroxylation sites is 1. The molecule has 1 amide bonds. The molecule has 21 heavy (non-hydrogen) atoms. The number of hydrogen-bond acceptors (Lipinski definition) is 2. The molecule has 0 saturated carbocycles. The van der Waals surface area contributed by atoms with Crippen LogP contribution in [0.1, 0.15) is 35.8 Å². The average molecular weight is 303 g/mol. The minimum atomic E-state index is -0.152. The Bertz CT molecular complexity index is 628. The summed E-state index contributed by atoms with van der Waals surface area (Å²) in [4.78, 5) is 12.4. The van der Waals surface area contributed by atoms with Gasteiger partial charge in [0.05, 0.1) is 11.6 Å². The molecule has 0 aliphatic rings. The summed E-state index contributed by atoms with van der Waals surface area (Å²) in [6.45, 7) is 4.69. The predicted octanol–water partition coefficient (Wildman–Crippen LogP) is 4.26. The van der Waals surface area contributed by atoms with Crippen LogP contribution in [0.15, 0.2) is 48.5 Å². The Kier molecular flexibility index (Phi) is 5.23. The van der Waals surface area contributed by atoms with Crippen molar-refractivity contribution in [1.29, 1.82) is 0 Å². The van der Waals surface area contributed by atoms with Crippen molar-refractivity contribution in [3.63, 3.8) is 0 Å². The third kappa shape index (κ3) is 3.76. The molecule has 2 N–H and O–H groups in total. The van der Waals surface area contributed by atoms with E-state index < -0.39 is 0 Å². The Morgan fingerprint density at radius 1 is 1.14 bits per heavy atom. The molecule has 1 atom stereocenters. The first-order valence-electron chi connectivity index (χ1n) is 7.01. The van der Waals surface area contributed by atoms with Crippen molar-refractivity contribution in [1.82, 2.24) is 5.32 Å². The van der Waals surface area contributed by atoms with Gasteiger partial charge in [-0.1, -0.05) is 41.9 Å². The molecule has 3 nitrogen and oxygen atoms in total. The quantitative estimate of drug-likeness (QED) is 0.866. The van der Waals surface area contributed by atoms with Gasteiger partial charge in [-0.2, -0.15) is 0 Å². The third-order valence-electron chi connectivity index (χ3n) is 3.26. The van der Waals surface area contributed by atoms with Gasteiger partial charge in [-0.25, -0.2) is 0 Å². The lowest BCUT2D eigenvalue weighted by Gasteiger charge is -2.17. The second-order valence-electron chi connectivity index (χ2n) is 4.79. The summed E-state index contributed by atoms with van der Waals surface area (Å²) in [7, 11) is 0. The Hall–Kier alpha value is -2.00. The average Bonchev–Trinajstić information content (AvgIpc) is 2.48. The number of carbonyl (C=O) groups is 1. The topological polar surface area (TPSA) is 41.1 Å². The second-order valence-corrected chi connectivity index (χ2v) is 5.20. The van der Waals surface area contributed by atoms with Gasteiger partial charge in [0.2, 0.25) is 0 Å². The fourth-order valence-corrected chi connectivity index (χ4v) is 2.50. The van der Waals surface area contributed by atoms with E-state index in [1.54, 1.807) is 0 Å². The van der Waals surface area contributed by atoms with Crippen molar-refractivity contribution in [3.8, 4) is 0 Å². The zero-order chi connectivity index (χ0) is 15.2. The number of amides is 1. The van der Waals surface area contributed by atoms with Gasteiger partial charge in [-0.05, 0) is 37.6 Å². The Morgan fingerprint density at radius 2 is 1.81 bits per heavy atom. The Balaban J connectivity index is 2.17. The van der Waals surface area contributed by atoms with Crippen LogP contribution >= 0.6 is 11.6 Å². The van der Waals surface area contributed by atoms with Crippen LogP contribution in [-0.4, -0.2) is 12.5 Å². The summed E-state index contributed by atoms with van der Waals surface area (Å²) in [6, 6.07) is 14.9. The summed E-state index contributed by atoms with van der Waals surface area (Å²) >= 11 is 6.17. The van der Waals surface area contributed by atoms with Crippen molar-refractivity contribution in [3.05, 3.63) is 64.7 Å². The minimum Gasteiger partial charge on any atom is -0.385 e. The lowest BCUT2D eigenvalue weighted by Crippen LogP contribution is -2.27. The molecule has 0 heterocycles. The molecular formula is C17H19ClN2O. The summed E-state index contributed by atoms with van der Waals surface area (Å²) in [5.41, 5.74) is 2.38. The van der Waals surface area contributed by atoms with Crippen molar-refractivity contribution >= 4 is 23.2 Å². The summed E-state index contributed by atoms with van der Waals surface area (Å²) in [6.07, 6.45) is 0. The van der Waals surface area contributed by atoms with E-state index in [2.05, 4.69) is 10.6 Å². The lowest BCUT2D eigenvalue weighted by atomic mass is 10.1. The van der Waals surface area contributed by atoms with Crippen molar-refractivity contribution in [2.24, 2.45) is 0 Å². The molecule has 2 aromatic rings. The molecule has 110 valence electrons. The highest BCUT2D eigenvalue weighted by Crippen LogP contribution is 2.23. The third-order valence-corrected chi connectivity index (χ3v) is 3.60. The molecule has 2 aromatic carbocycles. The van der Waals surface area contributed by atoms with E-state index in [9.17, 15) is 4.79 Å². The number of benzene rings is 2. The van der Waals surface area contributed by atoms with E-state index in [0.29, 0.717) is 10.6 Å². The van der Waals surface area contributed by atoms with Gasteiger partial charge < -0.3 is 10.6 Å².